The maximum Gasteiger partial charge on any atom is 0.281 e. The minimum absolute atomic E-state index is 0.00254. The molecule has 0 spiro atoms. The average Bonchev–Trinajstić information content (AvgIpc) is 3.28. The van der Waals surface area contributed by atoms with Crippen LogP contribution in [0.1, 0.15) is 64.4 Å². The first-order chi connectivity index (χ1) is 15.2. The number of fused-ring (bicyclic) bond motifs is 2. The minimum Gasteiger partial charge on any atom is -0.382 e. The maximum atomic E-state index is 14.7. The van der Waals surface area contributed by atoms with Crippen molar-refractivity contribution in [2.24, 2.45) is 7.05 Å². The van der Waals surface area contributed by atoms with Crippen LogP contribution in [0.3, 0.4) is 0 Å². The zero-order valence-electron chi connectivity index (χ0n) is 17.1. The van der Waals surface area contributed by atoms with Crippen LogP contribution in [-0.4, -0.2) is 20.8 Å². The Labute approximate surface area is 181 Å². The van der Waals surface area contributed by atoms with Gasteiger partial charge in [-0.3, -0.25) is 4.68 Å². The number of aryl methyl sites for hydroxylation is 1. The topological polar surface area (TPSA) is 61.8 Å². The van der Waals surface area contributed by atoms with Gasteiger partial charge in [-0.15, -0.1) is 0 Å². The van der Waals surface area contributed by atoms with Crippen molar-refractivity contribution in [3.63, 3.8) is 0 Å². The number of rotatable bonds is 2. The Balaban J connectivity index is 1.74. The van der Waals surface area contributed by atoms with Crippen molar-refractivity contribution in [2.75, 3.05) is 0 Å². The third kappa shape index (κ3) is 3.03. The van der Waals surface area contributed by atoms with Crippen LogP contribution in [0.5, 0.6) is 0 Å². The zero-order chi connectivity index (χ0) is 22.8. The van der Waals surface area contributed by atoms with Gasteiger partial charge < -0.3 is 5.11 Å². The van der Waals surface area contributed by atoms with Crippen LogP contribution in [0, 0.1) is 17.1 Å². The normalized spacial score (nSPS) is 23.5. The van der Waals surface area contributed by atoms with Gasteiger partial charge in [-0.25, -0.2) is 17.6 Å². The third-order valence-electron chi connectivity index (χ3n) is 6.56. The molecule has 0 unspecified atom stereocenters. The molecule has 0 aliphatic heterocycles. The lowest BCUT2D eigenvalue weighted by molar-refractivity contribution is -0.0966. The standard InChI is InChI=1S/C24H19F4N3O/c1-31-11-13(10-30-31)15-2-3-16(19-8-24(27,28)23(32)22(15)19)17-4-5-20(26)18-7-14(25)6-12(9-29)21(17)18/h2-3,6-7,10-11,17,20,23,32H,4-5,8H2,1H3/t17-,20+,23+/m1/s1. The average molecular weight is 441 g/mol. The van der Waals surface area contributed by atoms with E-state index in [1.165, 1.54) is 0 Å². The zero-order valence-corrected chi connectivity index (χ0v) is 17.1. The van der Waals surface area contributed by atoms with Crippen LogP contribution in [0.2, 0.25) is 0 Å². The fraction of sp³-hybridized carbons (Fsp3) is 0.333. The summed E-state index contributed by atoms with van der Waals surface area (Å²) in [7, 11) is 1.71. The first-order valence-corrected chi connectivity index (χ1v) is 10.3. The third-order valence-corrected chi connectivity index (χ3v) is 6.56. The summed E-state index contributed by atoms with van der Waals surface area (Å²) in [6, 6.07) is 7.43. The molecule has 164 valence electrons. The molecule has 4 nitrogen and oxygen atoms in total. The SMILES string of the molecule is Cn1cc(-c2ccc([C@H]3CC[C@H](F)c4cc(F)cc(C#N)c43)c3c2[C@H](O)C(F)(F)C3)cn1. The van der Waals surface area contributed by atoms with Gasteiger partial charge in [0.1, 0.15) is 18.1 Å². The van der Waals surface area contributed by atoms with Crippen molar-refractivity contribution in [3.8, 4) is 17.2 Å². The predicted molar refractivity (Wildman–Crippen MR) is 108 cm³/mol. The summed E-state index contributed by atoms with van der Waals surface area (Å²) in [6.45, 7) is 0. The molecule has 0 amide bonds. The summed E-state index contributed by atoms with van der Waals surface area (Å²) in [5.74, 6) is -4.62. The van der Waals surface area contributed by atoms with Crippen LogP contribution in [-0.2, 0) is 13.5 Å². The van der Waals surface area contributed by atoms with Gasteiger partial charge in [-0.1, -0.05) is 12.1 Å². The first-order valence-electron chi connectivity index (χ1n) is 10.3. The Hall–Kier alpha value is -3.18. The summed E-state index contributed by atoms with van der Waals surface area (Å²) in [4.78, 5) is 0. The van der Waals surface area contributed by atoms with Crippen LogP contribution < -0.4 is 0 Å². The molecule has 2 aromatic carbocycles. The maximum absolute atomic E-state index is 14.7. The van der Waals surface area contributed by atoms with Gasteiger partial charge in [-0.2, -0.15) is 10.4 Å². The van der Waals surface area contributed by atoms with Crippen LogP contribution in [0.15, 0.2) is 36.7 Å². The van der Waals surface area contributed by atoms with E-state index in [2.05, 4.69) is 5.10 Å². The van der Waals surface area contributed by atoms with Crippen molar-refractivity contribution in [1.82, 2.24) is 9.78 Å². The van der Waals surface area contributed by atoms with Gasteiger partial charge in [0.05, 0.1) is 17.8 Å². The van der Waals surface area contributed by atoms with Gasteiger partial charge >= 0.3 is 0 Å². The summed E-state index contributed by atoms with van der Waals surface area (Å²) >= 11 is 0. The summed E-state index contributed by atoms with van der Waals surface area (Å²) in [5.41, 5.74) is 2.43. The number of aliphatic hydroxyl groups excluding tert-OH is 1. The fourth-order valence-electron chi connectivity index (χ4n) is 5.18. The molecule has 0 fully saturated rings. The molecule has 5 rings (SSSR count). The molecule has 3 aromatic rings. The highest BCUT2D eigenvalue weighted by molar-refractivity contribution is 5.72. The molecule has 3 atom stereocenters. The second-order valence-corrected chi connectivity index (χ2v) is 8.50. The van der Waals surface area contributed by atoms with E-state index in [-0.39, 0.29) is 29.5 Å². The van der Waals surface area contributed by atoms with Crippen molar-refractivity contribution >= 4 is 0 Å². The molecule has 8 heteroatoms. The van der Waals surface area contributed by atoms with Gasteiger partial charge in [0.25, 0.3) is 5.92 Å². The first kappa shape index (κ1) is 20.7. The molecule has 1 aromatic heterocycles. The molecule has 0 saturated heterocycles. The molecule has 0 saturated carbocycles. The van der Waals surface area contributed by atoms with Crippen LogP contribution in [0.25, 0.3) is 11.1 Å². The van der Waals surface area contributed by atoms with Crippen molar-refractivity contribution in [3.05, 3.63) is 75.9 Å². The van der Waals surface area contributed by atoms with E-state index in [9.17, 15) is 27.9 Å². The Morgan fingerprint density at radius 3 is 2.66 bits per heavy atom. The van der Waals surface area contributed by atoms with Crippen LogP contribution in [0.4, 0.5) is 17.6 Å². The van der Waals surface area contributed by atoms with E-state index < -0.39 is 36.4 Å². The van der Waals surface area contributed by atoms with E-state index in [4.69, 9.17) is 0 Å². The van der Waals surface area contributed by atoms with E-state index in [1.807, 2.05) is 6.07 Å². The number of hydrogen-bond donors (Lipinski definition) is 1. The molecule has 2 aliphatic carbocycles. The molecule has 1 N–H and O–H groups in total. The fourth-order valence-corrected chi connectivity index (χ4v) is 5.18. The number of hydrogen-bond acceptors (Lipinski definition) is 3. The van der Waals surface area contributed by atoms with Gasteiger partial charge in [0.15, 0.2) is 0 Å². The van der Waals surface area contributed by atoms with Gasteiger partial charge in [0, 0.05) is 31.1 Å². The Morgan fingerprint density at radius 1 is 1.19 bits per heavy atom. The second kappa shape index (κ2) is 7.17. The molecular formula is C24H19F4N3O. The molecule has 0 bridgehead atoms. The number of nitrogens with zero attached hydrogens (tertiary/aromatic N) is 3. The van der Waals surface area contributed by atoms with Crippen molar-refractivity contribution in [2.45, 2.75) is 43.4 Å². The quantitative estimate of drug-likeness (QED) is 0.552. The smallest absolute Gasteiger partial charge is 0.281 e. The Kier molecular flexibility index (Phi) is 4.64. The van der Waals surface area contributed by atoms with E-state index >= 15 is 0 Å². The number of halogens is 4. The van der Waals surface area contributed by atoms with Crippen molar-refractivity contribution in [1.29, 1.82) is 5.26 Å². The lowest BCUT2D eigenvalue weighted by atomic mass is 9.74. The Morgan fingerprint density at radius 2 is 1.97 bits per heavy atom. The number of aliphatic hydroxyl groups is 1. The highest BCUT2D eigenvalue weighted by Gasteiger charge is 2.50. The van der Waals surface area contributed by atoms with Crippen molar-refractivity contribution < 1.29 is 22.7 Å². The lowest BCUT2D eigenvalue weighted by Crippen LogP contribution is -2.22. The summed E-state index contributed by atoms with van der Waals surface area (Å²) < 4.78 is 59.6. The molecule has 1 heterocycles. The highest BCUT2D eigenvalue weighted by atomic mass is 19.3. The summed E-state index contributed by atoms with van der Waals surface area (Å²) in [6.07, 6.45) is -0.496. The molecule has 0 radical (unpaired) electrons. The van der Waals surface area contributed by atoms with E-state index in [1.54, 1.807) is 36.3 Å². The molecule has 2 aliphatic rings. The largest absolute Gasteiger partial charge is 0.382 e. The molecular weight excluding hydrogens is 422 g/mol. The molecule has 32 heavy (non-hydrogen) atoms. The predicted octanol–water partition coefficient (Wildman–Crippen LogP) is 5.26. The number of aromatic nitrogens is 2. The number of benzene rings is 2. The van der Waals surface area contributed by atoms with Gasteiger partial charge in [-0.05, 0) is 58.4 Å². The monoisotopic (exact) mass is 441 g/mol. The van der Waals surface area contributed by atoms with E-state index in [0.717, 1.165) is 12.1 Å². The number of alkyl halides is 3. The lowest BCUT2D eigenvalue weighted by Gasteiger charge is -2.31. The minimum atomic E-state index is -3.36. The van der Waals surface area contributed by atoms with E-state index in [0.29, 0.717) is 27.8 Å². The van der Waals surface area contributed by atoms with Crippen LogP contribution >= 0.6 is 0 Å². The summed E-state index contributed by atoms with van der Waals surface area (Å²) in [5, 5.41) is 24.2. The van der Waals surface area contributed by atoms with Gasteiger partial charge in [0.2, 0.25) is 0 Å². The Bertz CT molecular complexity index is 1280. The second-order valence-electron chi connectivity index (χ2n) is 8.50. The highest BCUT2D eigenvalue weighted by Crippen LogP contribution is 2.52. The number of nitriles is 1.